The molecule has 0 aromatic heterocycles. The fourth-order valence-electron chi connectivity index (χ4n) is 1.54. The van der Waals surface area contributed by atoms with Crippen LogP contribution >= 0.6 is 0 Å². The molecule has 6 heteroatoms. The molecular weight excluding hydrogens is 267 g/mol. The summed E-state index contributed by atoms with van der Waals surface area (Å²) >= 11 is 0. The lowest BCUT2D eigenvalue weighted by Gasteiger charge is -2.12. The highest BCUT2D eigenvalue weighted by atomic mass is 32.2. The van der Waals surface area contributed by atoms with E-state index in [1.165, 1.54) is 12.1 Å². The second-order valence-electron chi connectivity index (χ2n) is 4.66. The largest absolute Gasteiger partial charge is 0.316 e. The number of sulfonamides is 1. The summed E-state index contributed by atoms with van der Waals surface area (Å²) in [6.07, 6.45) is 0.866. The van der Waals surface area contributed by atoms with Crippen LogP contribution < -0.4 is 10.0 Å². The smallest absolute Gasteiger partial charge is 0.243 e. The normalized spacial score (nSPS) is 13.5. The van der Waals surface area contributed by atoms with Crippen LogP contribution in [0.25, 0.3) is 0 Å². The molecule has 0 aliphatic heterocycles. The van der Waals surface area contributed by atoms with Crippen molar-refractivity contribution in [2.75, 3.05) is 13.6 Å². The SMILES string of the molecule is CCC(C)CNS(=O)(=O)c1cc(CNC)ccc1F. The summed E-state index contributed by atoms with van der Waals surface area (Å²) in [5, 5.41) is 2.90. The quantitative estimate of drug-likeness (QED) is 0.805. The Labute approximate surface area is 114 Å². The van der Waals surface area contributed by atoms with E-state index in [0.29, 0.717) is 13.1 Å². The van der Waals surface area contributed by atoms with E-state index < -0.39 is 15.8 Å². The first kappa shape index (κ1) is 16.1. The van der Waals surface area contributed by atoms with Gasteiger partial charge in [0.05, 0.1) is 0 Å². The number of benzene rings is 1. The Bertz CT molecular complexity index is 517. The first-order chi connectivity index (χ1) is 8.90. The van der Waals surface area contributed by atoms with Crippen LogP contribution in [0.5, 0.6) is 0 Å². The zero-order chi connectivity index (χ0) is 14.5. The van der Waals surface area contributed by atoms with Crippen molar-refractivity contribution < 1.29 is 12.8 Å². The van der Waals surface area contributed by atoms with E-state index in [4.69, 9.17) is 0 Å². The Kier molecular flexibility index (Phi) is 5.90. The molecule has 0 spiro atoms. The average molecular weight is 288 g/mol. The zero-order valence-corrected chi connectivity index (χ0v) is 12.3. The Hall–Kier alpha value is -0.980. The van der Waals surface area contributed by atoms with Gasteiger partial charge in [-0.2, -0.15) is 0 Å². The third-order valence-electron chi connectivity index (χ3n) is 2.98. The molecule has 1 rings (SSSR count). The lowest BCUT2D eigenvalue weighted by Crippen LogP contribution is -2.29. The topological polar surface area (TPSA) is 58.2 Å². The van der Waals surface area contributed by atoms with Gasteiger partial charge in [-0.05, 0) is 30.7 Å². The van der Waals surface area contributed by atoms with Crippen molar-refractivity contribution in [1.29, 1.82) is 0 Å². The number of hydrogen-bond acceptors (Lipinski definition) is 3. The first-order valence-electron chi connectivity index (χ1n) is 6.33. The summed E-state index contributed by atoms with van der Waals surface area (Å²) in [6, 6.07) is 4.12. The molecule has 1 aromatic carbocycles. The summed E-state index contributed by atoms with van der Waals surface area (Å²) < 4.78 is 40.2. The minimum atomic E-state index is -3.79. The summed E-state index contributed by atoms with van der Waals surface area (Å²) in [5.74, 6) is -0.505. The fourth-order valence-corrected chi connectivity index (χ4v) is 2.83. The summed E-state index contributed by atoms with van der Waals surface area (Å²) in [6.45, 7) is 4.73. The van der Waals surface area contributed by atoms with Crippen LogP contribution in [-0.4, -0.2) is 22.0 Å². The molecule has 4 nitrogen and oxygen atoms in total. The van der Waals surface area contributed by atoms with E-state index in [1.54, 1.807) is 13.1 Å². The van der Waals surface area contributed by atoms with E-state index in [2.05, 4.69) is 10.0 Å². The fraction of sp³-hybridized carbons (Fsp3) is 0.538. The minimum Gasteiger partial charge on any atom is -0.316 e. The molecule has 0 radical (unpaired) electrons. The van der Waals surface area contributed by atoms with Crippen LogP contribution in [0.1, 0.15) is 25.8 Å². The van der Waals surface area contributed by atoms with E-state index in [9.17, 15) is 12.8 Å². The van der Waals surface area contributed by atoms with Crippen molar-refractivity contribution in [3.63, 3.8) is 0 Å². The van der Waals surface area contributed by atoms with Crippen LogP contribution in [0.3, 0.4) is 0 Å². The average Bonchev–Trinajstić information content (AvgIpc) is 2.38. The third kappa shape index (κ3) is 4.56. The molecule has 2 N–H and O–H groups in total. The third-order valence-corrected chi connectivity index (χ3v) is 4.42. The predicted octanol–water partition coefficient (Wildman–Crippen LogP) is 1.87. The Morgan fingerprint density at radius 2 is 2.05 bits per heavy atom. The van der Waals surface area contributed by atoms with Crippen LogP contribution in [-0.2, 0) is 16.6 Å². The molecule has 1 unspecified atom stereocenters. The second-order valence-corrected chi connectivity index (χ2v) is 6.40. The molecule has 0 fully saturated rings. The molecule has 0 bridgehead atoms. The monoisotopic (exact) mass is 288 g/mol. The van der Waals surface area contributed by atoms with Gasteiger partial charge in [-0.25, -0.2) is 17.5 Å². The molecule has 0 amide bonds. The zero-order valence-electron chi connectivity index (χ0n) is 11.5. The molecule has 0 saturated carbocycles. The van der Waals surface area contributed by atoms with E-state index in [0.717, 1.165) is 12.0 Å². The summed E-state index contributed by atoms with van der Waals surface area (Å²) in [5.41, 5.74) is 0.729. The van der Waals surface area contributed by atoms with Crippen LogP contribution in [0.15, 0.2) is 23.1 Å². The molecule has 0 aliphatic rings. The van der Waals surface area contributed by atoms with Gasteiger partial charge >= 0.3 is 0 Å². The predicted molar refractivity (Wildman–Crippen MR) is 73.8 cm³/mol. The molecule has 19 heavy (non-hydrogen) atoms. The first-order valence-corrected chi connectivity index (χ1v) is 7.81. The minimum absolute atomic E-state index is 0.221. The van der Waals surface area contributed by atoms with E-state index in [1.807, 2.05) is 13.8 Å². The molecule has 0 heterocycles. The van der Waals surface area contributed by atoms with Gasteiger partial charge in [0.2, 0.25) is 10.0 Å². The van der Waals surface area contributed by atoms with Crippen molar-refractivity contribution in [2.45, 2.75) is 31.7 Å². The standard InChI is InChI=1S/C13H21FN2O2S/c1-4-10(2)8-16-19(17,18)13-7-11(9-15-3)5-6-12(13)14/h5-7,10,15-16H,4,8-9H2,1-3H3. The summed E-state index contributed by atoms with van der Waals surface area (Å²) in [4.78, 5) is -0.288. The maximum absolute atomic E-state index is 13.7. The maximum atomic E-state index is 13.7. The number of halogens is 1. The van der Waals surface area contributed by atoms with Crippen LogP contribution in [0.4, 0.5) is 4.39 Å². The molecule has 0 aliphatic carbocycles. The Morgan fingerprint density at radius 3 is 2.63 bits per heavy atom. The van der Waals surface area contributed by atoms with Gasteiger partial charge in [0.15, 0.2) is 0 Å². The lowest BCUT2D eigenvalue weighted by atomic mass is 10.1. The summed E-state index contributed by atoms with van der Waals surface area (Å²) in [7, 11) is -2.04. The molecule has 1 aromatic rings. The number of rotatable bonds is 7. The van der Waals surface area contributed by atoms with Crippen LogP contribution in [0, 0.1) is 11.7 Å². The maximum Gasteiger partial charge on any atom is 0.243 e. The highest BCUT2D eigenvalue weighted by Gasteiger charge is 2.19. The van der Waals surface area contributed by atoms with E-state index >= 15 is 0 Å². The van der Waals surface area contributed by atoms with Crippen molar-refractivity contribution >= 4 is 10.0 Å². The van der Waals surface area contributed by atoms with Crippen LogP contribution in [0.2, 0.25) is 0 Å². The van der Waals surface area contributed by atoms with Gasteiger partial charge in [-0.1, -0.05) is 26.3 Å². The highest BCUT2D eigenvalue weighted by Crippen LogP contribution is 2.16. The number of nitrogens with one attached hydrogen (secondary N) is 2. The van der Waals surface area contributed by atoms with Crippen molar-refractivity contribution in [3.8, 4) is 0 Å². The lowest BCUT2D eigenvalue weighted by molar-refractivity contribution is 0.521. The van der Waals surface area contributed by atoms with E-state index in [-0.39, 0.29) is 10.8 Å². The Morgan fingerprint density at radius 1 is 1.37 bits per heavy atom. The second kappa shape index (κ2) is 6.98. The number of hydrogen-bond donors (Lipinski definition) is 2. The van der Waals surface area contributed by atoms with Gasteiger partial charge in [0.25, 0.3) is 0 Å². The molecule has 0 saturated heterocycles. The molecule has 1 atom stereocenters. The Balaban J connectivity index is 2.96. The van der Waals surface area contributed by atoms with Crippen molar-refractivity contribution in [3.05, 3.63) is 29.6 Å². The van der Waals surface area contributed by atoms with Gasteiger partial charge in [0.1, 0.15) is 10.7 Å². The molecular formula is C13H21FN2O2S. The van der Waals surface area contributed by atoms with Crippen molar-refractivity contribution in [1.82, 2.24) is 10.0 Å². The highest BCUT2D eigenvalue weighted by molar-refractivity contribution is 7.89. The van der Waals surface area contributed by atoms with Gasteiger partial charge < -0.3 is 5.32 Å². The van der Waals surface area contributed by atoms with Gasteiger partial charge in [-0.3, -0.25) is 0 Å². The van der Waals surface area contributed by atoms with Crippen molar-refractivity contribution in [2.24, 2.45) is 5.92 Å². The van der Waals surface area contributed by atoms with Gasteiger partial charge in [0, 0.05) is 13.1 Å². The van der Waals surface area contributed by atoms with Gasteiger partial charge in [-0.15, -0.1) is 0 Å². The molecule has 108 valence electrons.